The van der Waals surface area contributed by atoms with Crippen LogP contribution in [0.1, 0.15) is 58.7 Å². The third-order valence-electron chi connectivity index (χ3n) is 4.76. The zero-order valence-electron chi connectivity index (χ0n) is 13.7. The number of rotatable bonds is 7. The van der Waals surface area contributed by atoms with Crippen LogP contribution < -0.4 is 5.73 Å². The van der Waals surface area contributed by atoms with Crippen LogP contribution in [0.4, 0.5) is 0 Å². The van der Waals surface area contributed by atoms with Gasteiger partial charge in [-0.1, -0.05) is 13.8 Å². The van der Waals surface area contributed by atoms with Crippen LogP contribution in [0.25, 0.3) is 0 Å². The topological polar surface area (TPSA) is 66.0 Å². The third kappa shape index (κ3) is 3.83. The number of aryl methyl sites for hydroxylation is 1. The van der Waals surface area contributed by atoms with Crippen molar-refractivity contribution in [3.63, 3.8) is 0 Å². The highest BCUT2D eigenvalue weighted by Crippen LogP contribution is 2.37. The van der Waals surface area contributed by atoms with Gasteiger partial charge in [-0.25, -0.2) is 4.98 Å². The number of hydrogen-bond acceptors (Lipinski definition) is 4. The van der Waals surface area contributed by atoms with Crippen molar-refractivity contribution in [2.45, 2.75) is 77.5 Å². The molecule has 5 heteroatoms. The van der Waals surface area contributed by atoms with E-state index in [0.29, 0.717) is 0 Å². The average Bonchev–Trinajstić information content (AvgIpc) is 2.89. The number of hydrogen-bond donors (Lipinski definition) is 1. The second kappa shape index (κ2) is 7.36. The number of nitrogens with two attached hydrogens (primary N) is 1. The smallest absolute Gasteiger partial charge is 0.138 e. The maximum atomic E-state index is 6.57. The van der Waals surface area contributed by atoms with Crippen molar-refractivity contribution in [2.24, 2.45) is 11.7 Å². The van der Waals surface area contributed by atoms with E-state index < -0.39 is 0 Å². The van der Waals surface area contributed by atoms with Crippen LogP contribution in [0.2, 0.25) is 0 Å². The molecule has 0 bridgehead atoms. The molecular formula is C16H30N4O. The largest absolute Gasteiger partial charge is 0.374 e. The van der Waals surface area contributed by atoms with E-state index in [1.165, 1.54) is 12.8 Å². The van der Waals surface area contributed by atoms with E-state index in [0.717, 1.165) is 50.6 Å². The molecule has 1 aromatic rings. The number of nitrogens with zero attached hydrogens (tertiary/aromatic N) is 3. The first-order valence-electron chi connectivity index (χ1n) is 8.37. The monoisotopic (exact) mass is 294 g/mol. The fourth-order valence-corrected chi connectivity index (χ4v) is 3.39. The van der Waals surface area contributed by atoms with Crippen molar-refractivity contribution in [3.8, 4) is 0 Å². The summed E-state index contributed by atoms with van der Waals surface area (Å²) in [6.45, 7) is 8.16. The molecular weight excluding hydrogens is 264 g/mol. The molecule has 1 unspecified atom stereocenters. The lowest BCUT2D eigenvalue weighted by Gasteiger charge is -2.43. The van der Waals surface area contributed by atoms with E-state index in [-0.39, 0.29) is 11.6 Å². The summed E-state index contributed by atoms with van der Waals surface area (Å²) in [5.74, 6) is 1.77. The van der Waals surface area contributed by atoms with Gasteiger partial charge in [-0.05, 0) is 44.9 Å². The van der Waals surface area contributed by atoms with E-state index in [9.17, 15) is 0 Å². The van der Waals surface area contributed by atoms with Gasteiger partial charge in [0, 0.05) is 25.6 Å². The molecule has 1 atom stereocenters. The zero-order chi connectivity index (χ0) is 15.3. The van der Waals surface area contributed by atoms with Crippen molar-refractivity contribution in [1.29, 1.82) is 0 Å². The maximum Gasteiger partial charge on any atom is 0.138 e. The second-order valence-corrected chi connectivity index (χ2v) is 6.39. The van der Waals surface area contributed by atoms with Crippen LogP contribution in [0, 0.1) is 5.92 Å². The van der Waals surface area contributed by atoms with E-state index in [4.69, 9.17) is 10.5 Å². The van der Waals surface area contributed by atoms with Crippen LogP contribution in [-0.2, 0) is 17.7 Å². The predicted molar refractivity (Wildman–Crippen MR) is 84.0 cm³/mol. The molecule has 2 N–H and O–H groups in total. The molecule has 0 radical (unpaired) electrons. The van der Waals surface area contributed by atoms with Crippen molar-refractivity contribution in [2.75, 3.05) is 6.61 Å². The fraction of sp³-hybridized carbons (Fsp3) is 0.875. The Morgan fingerprint density at radius 3 is 2.76 bits per heavy atom. The van der Waals surface area contributed by atoms with Gasteiger partial charge in [-0.2, -0.15) is 5.10 Å². The van der Waals surface area contributed by atoms with E-state index in [1.807, 2.05) is 4.68 Å². The van der Waals surface area contributed by atoms with Crippen molar-refractivity contribution >= 4 is 0 Å². The highest BCUT2D eigenvalue weighted by molar-refractivity contribution is 5.01. The normalized spacial score (nSPS) is 27.7. The van der Waals surface area contributed by atoms with Gasteiger partial charge in [0.1, 0.15) is 12.2 Å². The molecule has 1 aliphatic carbocycles. The average molecular weight is 294 g/mol. The third-order valence-corrected chi connectivity index (χ3v) is 4.76. The Bertz CT molecular complexity index is 424. The van der Waals surface area contributed by atoms with Crippen molar-refractivity contribution in [1.82, 2.24) is 14.8 Å². The Labute approximate surface area is 128 Å². The van der Waals surface area contributed by atoms with Crippen LogP contribution >= 0.6 is 0 Å². The molecule has 1 fully saturated rings. The van der Waals surface area contributed by atoms with Gasteiger partial charge in [0.05, 0.1) is 5.60 Å². The molecule has 1 heterocycles. The SMILES string of the molecule is CCCn1ncnc1CC(N)C1(OCC)CCC(C)CC1. The molecule has 1 saturated carbocycles. The zero-order valence-corrected chi connectivity index (χ0v) is 13.7. The molecule has 1 aliphatic rings. The molecule has 0 aromatic carbocycles. The van der Waals surface area contributed by atoms with Gasteiger partial charge in [-0.3, -0.25) is 4.68 Å². The summed E-state index contributed by atoms with van der Waals surface area (Å²) in [5.41, 5.74) is 6.39. The molecule has 120 valence electrons. The first kappa shape index (κ1) is 16.4. The van der Waals surface area contributed by atoms with E-state index in [1.54, 1.807) is 6.33 Å². The van der Waals surface area contributed by atoms with Gasteiger partial charge < -0.3 is 10.5 Å². The molecule has 0 amide bonds. The Morgan fingerprint density at radius 2 is 2.14 bits per heavy atom. The van der Waals surface area contributed by atoms with Gasteiger partial charge in [0.2, 0.25) is 0 Å². The molecule has 21 heavy (non-hydrogen) atoms. The number of ether oxygens (including phenoxy) is 1. The lowest BCUT2D eigenvalue weighted by molar-refractivity contribution is -0.0887. The maximum absolute atomic E-state index is 6.57. The minimum atomic E-state index is -0.176. The summed E-state index contributed by atoms with van der Waals surface area (Å²) < 4.78 is 8.12. The molecule has 2 rings (SSSR count). The summed E-state index contributed by atoms with van der Waals surface area (Å²) in [5, 5.41) is 4.29. The van der Waals surface area contributed by atoms with Gasteiger partial charge in [0.15, 0.2) is 0 Å². The summed E-state index contributed by atoms with van der Waals surface area (Å²) >= 11 is 0. The summed E-state index contributed by atoms with van der Waals surface area (Å²) in [7, 11) is 0. The summed E-state index contributed by atoms with van der Waals surface area (Å²) in [4.78, 5) is 4.39. The summed E-state index contributed by atoms with van der Waals surface area (Å²) in [6.07, 6.45) is 7.96. The fourth-order valence-electron chi connectivity index (χ4n) is 3.39. The van der Waals surface area contributed by atoms with Crippen molar-refractivity contribution < 1.29 is 4.74 Å². The standard InChI is InChI=1S/C16H30N4O/c1-4-10-20-15(18-12-19-20)11-14(17)16(21-5-2)8-6-13(3)7-9-16/h12-14H,4-11,17H2,1-3H3. The molecule has 0 saturated heterocycles. The van der Waals surface area contributed by atoms with E-state index in [2.05, 4.69) is 30.9 Å². The molecule has 5 nitrogen and oxygen atoms in total. The van der Waals surface area contributed by atoms with Crippen LogP contribution in [0.15, 0.2) is 6.33 Å². The highest BCUT2D eigenvalue weighted by atomic mass is 16.5. The van der Waals surface area contributed by atoms with E-state index >= 15 is 0 Å². The Morgan fingerprint density at radius 1 is 1.43 bits per heavy atom. The Hall–Kier alpha value is -0.940. The van der Waals surface area contributed by atoms with Crippen LogP contribution in [-0.4, -0.2) is 33.0 Å². The van der Waals surface area contributed by atoms with Crippen LogP contribution in [0.3, 0.4) is 0 Å². The Kier molecular flexibility index (Phi) is 5.76. The van der Waals surface area contributed by atoms with Crippen LogP contribution in [0.5, 0.6) is 0 Å². The highest BCUT2D eigenvalue weighted by Gasteiger charge is 2.40. The number of aromatic nitrogens is 3. The summed E-state index contributed by atoms with van der Waals surface area (Å²) in [6, 6.07) is -0.00949. The lowest BCUT2D eigenvalue weighted by Crippen LogP contribution is -2.53. The second-order valence-electron chi connectivity index (χ2n) is 6.39. The molecule has 0 aliphatic heterocycles. The lowest BCUT2D eigenvalue weighted by atomic mass is 9.74. The first-order chi connectivity index (χ1) is 10.1. The first-order valence-corrected chi connectivity index (χ1v) is 8.37. The van der Waals surface area contributed by atoms with Crippen molar-refractivity contribution in [3.05, 3.63) is 12.2 Å². The van der Waals surface area contributed by atoms with Gasteiger partial charge in [0.25, 0.3) is 0 Å². The Balaban J connectivity index is 2.08. The van der Waals surface area contributed by atoms with Gasteiger partial charge in [-0.15, -0.1) is 0 Å². The van der Waals surface area contributed by atoms with Gasteiger partial charge >= 0.3 is 0 Å². The quantitative estimate of drug-likeness (QED) is 0.839. The predicted octanol–water partition coefficient (Wildman–Crippen LogP) is 2.54. The minimum Gasteiger partial charge on any atom is -0.374 e. The molecule has 0 spiro atoms. The molecule has 1 aromatic heterocycles. The minimum absolute atomic E-state index is 0.00949.